The van der Waals surface area contributed by atoms with Crippen molar-refractivity contribution in [3.63, 3.8) is 0 Å². The van der Waals surface area contributed by atoms with E-state index < -0.39 is 0 Å². The van der Waals surface area contributed by atoms with E-state index in [2.05, 4.69) is 5.32 Å². The number of aryl methyl sites for hydroxylation is 1. The molecule has 1 saturated heterocycles. The summed E-state index contributed by atoms with van der Waals surface area (Å²) in [5.74, 6) is 2.46. The SMILES string of the molecule is COc1ccc(-c2ccc(CCC(=O)NC[C@@H]3CCCO3)o2)cc1. The maximum Gasteiger partial charge on any atom is 0.220 e. The molecule has 0 unspecified atom stereocenters. The minimum Gasteiger partial charge on any atom is -0.497 e. The molecule has 5 heteroatoms. The molecule has 1 aliphatic rings. The molecule has 2 aromatic rings. The van der Waals surface area contributed by atoms with Gasteiger partial charge in [0.25, 0.3) is 0 Å². The van der Waals surface area contributed by atoms with Crippen molar-refractivity contribution in [3.8, 4) is 17.1 Å². The first-order valence-corrected chi connectivity index (χ1v) is 8.36. The lowest BCUT2D eigenvalue weighted by Crippen LogP contribution is -2.31. The number of furan rings is 1. The normalized spacial score (nSPS) is 17.0. The molecule has 1 aromatic carbocycles. The van der Waals surface area contributed by atoms with Crippen molar-refractivity contribution in [1.82, 2.24) is 5.32 Å². The molecule has 0 bridgehead atoms. The highest BCUT2D eigenvalue weighted by atomic mass is 16.5. The van der Waals surface area contributed by atoms with E-state index in [-0.39, 0.29) is 12.0 Å². The summed E-state index contributed by atoms with van der Waals surface area (Å²) in [7, 11) is 1.64. The third-order valence-electron chi connectivity index (χ3n) is 4.19. The number of carbonyl (C=O) groups is 1. The van der Waals surface area contributed by atoms with Crippen LogP contribution in [0.15, 0.2) is 40.8 Å². The summed E-state index contributed by atoms with van der Waals surface area (Å²) in [5.41, 5.74) is 0.991. The predicted octanol–water partition coefficient (Wildman–Crippen LogP) is 3.18. The number of ether oxygens (including phenoxy) is 2. The van der Waals surface area contributed by atoms with Crippen LogP contribution < -0.4 is 10.1 Å². The molecule has 0 radical (unpaired) electrons. The van der Waals surface area contributed by atoms with E-state index in [0.717, 1.165) is 42.3 Å². The van der Waals surface area contributed by atoms with Crippen LogP contribution in [-0.4, -0.2) is 32.3 Å². The molecule has 1 atom stereocenters. The van der Waals surface area contributed by atoms with E-state index in [1.807, 2.05) is 36.4 Å². The van der Waals surface area contributed by atoms with Gasteiger partial charge in [-0.3, -0.25) is 4.79 Å². The first kappa shape index (κ1) is 16.6. The Hall–Kier alpha value is -2.27. The first-order chi connectivity index (χ1) is 11.7. The van der Waals surface area contributed by atoms with Gasteiger partial charge < -0.3 is 19.2 Å². The molecule has 2 heterocycles. The van der Waals surface area contributed by atoms with Crippen molar-refractivity contribution < 1.29 is 18.7 Å². The monoisotopic (exact) mass is 329 g/mol. The third-order valence-corrected chi connectivity index (χ3v) is 4.19. The molecule has 5 nitrogen and oxygen atoms in total. The average Bonchev–Trinajstić information content (AvgIpc) is 3.30. The van der Waals surface area contributed by atoms with Gasteiger partial charge in [-0.15, -0.1) is 0 Å². The van der Waals surface area contributed by atoms with E-state index in [0.29, 0.717) is 19.4 Å². The fourth-order valence-electron chi connectivity index (χ4n) is 2.78. The lowest BCUT2D eigenvalue weighted by atomic mass is 10.2. The number of methoxy groups -OCH3 is 1. The molecular weight excluding hydrogens is 306 g/mol. The minimum absolute atomic E-state index is 0.0351. The topological polar surface area (TPSA) is 60.7 Å². The third kappa shape index (κ3) is 4.38. The van der Waals surface area contributed by atoms with E-state index in [1.165, 1.54) is 0 Å². The van der Waals surface area contributed by atoms with Crippen LogP contribution in [0.2, 0.25) is 0 Å². The summed E-state index contributed by atoms with van der Waals surface area (Å²) in [4.78, 5) is 11.9. The molecule has 1 amide bonds. The number of rotatable bonds is 7. The van der Waals surface area contributed by atoms with Gasteiger partial charge in [0.2, 0.25) is 5.91 Å². The Labute approximate surface area is 141 Å². The Kier molecular flexibility index (Phi) is 5.54. The van der Waals surface area contributed by atoms with E-state index in [4.69, 9.17) is 13.9 Å². The van der Waals surface area contributed by atoms with E-state index in [9.17, 15) is 4.79 Å². The van der Waals surface area contributed by atoms with Crippen LogP contribution in [0.4, 0.5) is 0 Å². The molecule has 0 spiro atoms. The van der Waals surface area contributed by atoms with Crippen molar-refractivity contribution in [2.24, 2.45) is 0 Å². The summed E-state index contributed by atoms with van der Waals surface area (Å²) in [6.07, 6.45) is 3.31. The van der Waals surface area contributed by atoms with Crippen LogP contribution >= 0.6 is 0 Å². The van der Waals surface area contributed by atoms with Gasteiger partial charge in [0.05, 0.1) is 13.2 Å². The number of benzene rings is 1. The highest BCUT2D eigenvalue weighted by Gasteiger charge is 2.16. The average molecular weight is 329 g/mol. The van der Waals surface area contributed by atoms with Crippen LogP contribution in [0.5, 0.6) is 5.75 Å². The highest BCUT2D eigenvalue weighted by molar-refractivity contribution is 5.76. The molecule has 1 aliphatic heterocycles. The Morgan fingerprint density at radius 1 is 1.25 bits per heavy atom. The Balaban J connectivity index is 1.47. The number of carbonyl (C=O) groups excluding carboxylic acids is 1. The maximum absolute atomic E-state index is 11.9. The lowest BCUT2D eigenvalue weighted by molar-refractivity contribution is -0.121. The fraction of sp³-hybridized carbons (Fsp3) is 0.421. The van der Waals surface area contributed by atoms with Gasteiger partial charge in [0.1, 0.15) is 17.3 Å². The fourth-order valence-corrected chi connectivity index (χ4v) is 2.78. The second-order valence-electron chi connectivity index (χ2n) is 5.93. The molecule has 1 N–H and O–H groups in total. The zero-order valence-electron chi connectivity index (χ0n) is 13.9. The van der Waals surface area contributed by atoms with Crippen LogP contribution in [0.1, 0.15) is 25.0 Å². The van der Waals surface area contributed by atoms with Gasteiger partial charge in [-0.1, -0.05) is 0 Å². The van der Waals surface area contributed by atoms with Crippen LogP contribution in [0.25, 0.3) is 11.3 Å². The quantitative estimate of drug-likeness (QED) is 0.847. The summed E-state index contributed by atoms with van der Waals surface area (Å²) >= 11 is 0. The molecular formula is C19H23NO4. The Morgan fingerprint density at radius 3 is 2.79 bits per heavy atom. The number of nitrogens with one attached hydrogen (secondary N) is 1. The van der Waals surface area contributed by atoms with Crippen molar-refractivity contribution in [1.29, 1.82) is 0 Å². The largest absolute Gasteiger partial charge is 0.497 e. The number of hydrogen-bond donors (Lipinski definition) is 1. The maximum atomic E-state index is 11.9. The number of hydrogen-bond acceptors (Lipinski definition) is 4. The molecule has 24 heavy (non-hydrogen) atoms. The molecule has 1 fully saturated rings. The Morgan fingerprint density at radius 2 is 2.08 bits per heavy atom. The second kappa shape index (κ2) is 8.02. The van der Waals surface area contributed by atoms with Crippen LogP contribution in [0.3, 0.4) is 0 Å². The summed E-state index contributed by atoms with van der Waals surface area (Å²) in [6, 6.07) is 11.6. The Bertz CT molecular complexity index is 656. The number of amides is 1. The zero-order chi connectivity index (χ0) is 16.8. The summed E-state index contributed by atoms with van der Waals surface area (Å²) in [5, 5.41) is 2.93. The van der Waals surface area contributed by atoms with E-state index >= 15 is 0 Å². The van der Waals surface area contributed by atoms with Gasteiger partial charge >= 0.3 is 0 Å². The lowest BCUT2D eigenvalue weighted by Gasteiger charge is -2.10. The molecule has 3 rings (SSSR count). The van der Waals surface area contributed by atoms with Crippen LogP contribution in [0, 0.1) is 0 Å². The second-order valence-corrected chi connectivity index (χ2v) is 5.93. The predicted molar refractivity (Wildman–Crippen MR) is 91.0 cm³/mol. The van der Waals surface area contributed by atoms with E-state index in [1.54, 1.807) is 7.11 Å². The minimum atomic E-state index is 0.0351. The smallest absolute Gasteiger partial charge is 0.220 e. The van der Waals surface area contributed by atoms with Crippen molar-refractivity contribution in [3.05, 3.63) is 42.2 Å². The van der Waals surface area contributed by atoms with Gasteiger partial charge in [0.15, 0.2) is 0 Å². The van der Waals surface area contributed by atoms with Crippen molar-refractivity contribution in [2.75, 3.05) is 20.3 Å². The standard InChI is InChI=1S/C19H23NO4/c1-22-15-6-4-14(5-7-15)18-10-8-16(24-18)9-11-19(21)20-13-17-3-2-12-23-17/h4-8,10,17H,2-3,9,11-13H2,1H3,(H,20,21)/t17-/m0/s1. The molecule has 0 saturated carbocycles. The van der Waals surface area contributed by atoms with Crippen molar-refractivity contribution in [2.45, 2.75) is 31.8 Å². The molecule has 0 aliphatic carbocycles. The first-order valence-electron chi connectivity index (χ1n) is 8.36. The van der Waals surface area contributed by atoms with Crippen LogP contribution in [-0.2, 0) is 16.0 Å². The van der Waals surface area contributed by atoms with Gasteiger partial charge in [-0.05, 0) is 49.2 Å². The highest BCUT2D eigenvalue weighted by Crippen LogP contribution is 2.25. The van der Waals surface area contributed by atoms with Gasteiger partial charge in [0, 0.05) is 31.6 Å². The zero-order valence-corrected chi connectivity index (χ0v) is 13.9. The summed E-state index contributed by atoms with van der Waals surface area (Å²) in [6.45, 7) is 1.41. The van der Waals surface area contributed by atoms with Gasteiger partial charge in [-0.25, -0.2) is 0 Å². The van der Waals surface area contributed by atoms with Gasteiger partial charge in [-0.2, -0.15) is 0 Å². The molecule has 128 valence electrons. The summed E-state index contributed by atoms with van der Waals surface area (Å²) < 4.78 is 16.5. The molecule has 1 aromatic heterocycles. The van der Waals surface area contributed by atoms with Crippen molar-refractivity contribution >= 4 is 5.91 Å².